The number of hydrogen-bond donors (Lipinski definition) is 2. The van der Waals surface area contributed by atoms with E-state index < -0.39 is 0 Å². The molecule has 0 spiro atoms. The predicted octanol–water partition coefficient (Wildman–Crippen LogP) is 6.07. The van der Waals surface area contributed by atoms with E-state index in [9.17, 15) is 4.79 Å². The maximum Gasteiger partial charge on any atom is 0.220 e. The van der Waals surface area contributed by atoms with E-state index in [4.69, 9.17) is 0 Å². The first kappa shape index (κ1) is 25.3. The molecule has 1 aromatic heterocycles. The number of benzene rings is 2. The minimum atomic E-state index is 0. The zero-order chi connectivity index (χ0) is 22.4. The minimum Gasteiger partial charge on any atom is -0.361 e. The molecule has 178 valence electrons. The maximum absolute atomic E-state index is 12.5. The second-order valence-electron chi connectivity index (χ2n) is 9.61. The van der Waals surface area contributed by atoms with Crippen molar-refractivity contribution in [1.82, 2.24) is 15.2 Å². The van der Waals surface area contributed by atoms with Crippen LogP contribution in [0.25, 0.3) is 10.9 Å². The molecule has 1 aliphatic carbocycles. The molecule has 0 aliphatic heterocycles. The summed E-state index contributed by atoms with van der Waals surface area (Å²) in [5.41, 5.74) is 4.09. The maximum atomic E-state index is 12.5. The first-order valence-electron chi connectivity index (χ1n) is 12.1. The third-order valence-corrected chi connectivity index (χ3v) is 7.44. The van der Waals surface area contributed by atoms with Crippen LogP contribution in [-0.2, 0) is 16.8 Å². The fraction of sp³-hybridized carbons (Fsp3) is 0.464. The van der Waals surface area contributed by atoms with Crippen molar-refractivity contribution in [3.63, 3.8) is 0 Å². The fourth-order valence-corrected chi connectivity index (χ4v) is 5.44. The molecule has 0 radical (unpaired) electrons. The summed E-state index contributed by atoms with van der Waals surface area (Å²) in [6.07, 6.45) is 10.4. The number of aryl methyl sites for hydroxylation is 1. The normalized spacial score (nSPS) is 20.5. The number of fused-ring (bicyclic) bond motifs is 1. The van der Waals surface area contributed by atoms with Crippen molar-refractivity contribution in [2.45, 2.75) is 56.9 Å². The molecule has 1 heterocycles. The number of aromatic nitrogens is 1. The molecule has 4 nitrogen and oxygen atoms in total. The number of carbonyl (C=O) groups is 1. The molecule has 1 aliphatic rings. The molecule has 2 aromatic carbocycles. The van der Waals surface area contributed by atoms with Crippen molar-refractivity contribution in [3.8, 4) is 0 Å². The minimum absolute atomic E-state index is 0. The molecule has 0 atom stereocenters. The number of aromatic amines is 1. The van der Waals surface area contributed by atoms with Crippen LogP contribution in [0.15, 0.2) is 60.8 Å². The highest BCUT2D eigenvalue weighted by molar-refractivity contribution is 5.85. The first-order valence-corrected chi connectivity index (χ1v) is 12.1. The molecular formula is C28H38ClN3O. The highest BCUT2D eigenvalue weighted by Gasteiger charge is 2.38. The Morgan fingerprint density at radius 3 is 2.45 bits per heavy atom. The van der Waals surface area contributed by atoms with Crippen LogP contribution in [0.1, 0.15) is 56.1 Å². The zero-order valence-corrected chi connectivity index (χ0v) is 20.8. The summed E-state index contributed by atoms with van der Waals surface area (Å²) < 4.78 is 0. The van der Waals surface area contributed by atoms with Gasteiger partial charge in [-0.05, 0) is 82.2 Å². The van der Waals surface area contributed by atoms with E-state index in [0.29, 0.717) is 12.3 Å². The molecular weight excluding hydrogens is 430 g/mol. The van der Waals surface area contributed by atoms with Gasteiger partial charge in [0.25, 0.3) is 0 Å². The number of unbranched alkanes of at least 4 members (excludes halogenated alkanes) is 1. The van der Waals surface area contributed by atoms with Crippen molar-refractivity contribution in [2.24, 2.45) is 5.92 Å². The Labute approximate surface area is 204 Å². The van der Waals surface area contributed by atoms with Crippen LogP contribution in [0.2, 0.25) is 0 Å². The topological polar surface area (TPSA) is 48.1 Å². The fourth-order valence-electron chi connectivity index (χ4n) is 5.44. The van der Waals surface area contributed by atoms with E-state index in [2.05, 4.69) is 90.1 Å². The van der Waals surface area contributed by atoms with Gasteiger partial charge in [0.2, 0.25) is 5.91 Å². The molecule has 3 aromatic rings. The van der Waals surface area contributed by atoms with Crippen molar-refractivity contribution in [1.29, 1.82) is 0 Å². The number of nitrogens with zero attached hydrogens (tertiary/aromatic N) is 1. The molecule has 33 heavy (non-hydrogen) atoms. The Morgan fingerprint density at radius 2 is 1.73 bits per heavy atom. The number of nitrogens with one attached hydrogen (secondary N) is 2. The summed E-state index contributed by atoms with van der Waals surface area (Å²) in [7, 11) is 4.38. The van der Waals surface area contributed by atoms with Crippen LogP contribution in [0.5, 0.6) is 0 Å². The summed E-state index contributed by atoms with van der Waals surface area (Å²) >= 11 is 0. The average molecular weight is 468 g/mol. The number of hydrogen-bond acceptors (Lipinski definition) is 2. The van der Waals surface area contributed by atoms with Crippen molar-refractivity contribution in [3.05, 3.63) is 71.9 Å². The standard InChI is InChI=1S/C28H37N3O.ClH/c1-31(2)28(24-11-4-3-5-12-24)17-15-22(16-18-28)20-27(32)29-19-9-8-10-23-21-30-26-14-7-6-13-25(23)26;/h3-7,11-14,21-22,30H,8-10,15-20H2,1-2H3,(H,29,32);1H. The van der Waals surface area contributed by atoms with Crippen molar-refractivity contribution < 1.29 is 4.79 Å². The van der Waals surface area contributed by atoms with Crippen LogP contribution in [-0.4, -0.2) is 36.4 Å². The van der Waals surface area contributed by atoms with Gasteiger partial charge in [-0.15, -0.1) is 12.4 Å². The van der Waals surface area contributed by atoms with Gasteiger partial charge in [-0.25, -0.2) is 0 Å². The third-order valence-electron chi connectivity index (χ3n) is 7.44. The van der Waals surface area contributed by atoms with Crippen LogP contribution < -0.4 is 5.32 Å². The highest BCUT2D eigenvalue weighted by Crippen LogP contribution is 2.43. The van der Waals surface area contributed by atoms with Crippen molar-refractivity contribution in [2.75, 3.05) is 20.6 Å². The van der Waals surface area contributed by atoms with E-state index in [1.54, 1.807) is 0 Å². The molecule has 0 unspecified atom stereocenters. The van der Waals surface area contributed by atoms with E-state index >= 15 is 0 Å². The number of para-hydroxylation sites is 1. The molecule has 5 heteroatoms. The molecule has 0 bridgehead atoms. The van der Waals surface area contributed by atoms with Gasteiger partial charge >= 0.3 is 0 Å². The quantitative estimate of drug-likeness (QED) is 0.375. The van der Waals surface area contributed by atoms with E-state index in [1.807, 2.05) is 0 Å². The Kier molecular flexibility index (Phi) is 8.99. The van der Waals surface area contributed by atoms with E-state index in [1.165, 1.54) is 22.0 Å². The number of rotatable bonds is 9. The van der Waals surface area contributed by atoms with Crippen LogP contribution in [0.3, 0.4) is 0 Å². The molecule has 1 amide bonds. The second kappa shape index (κ2) is 11.7. The summed E-state index contributed by atoms with van der Waals surface area (Å²) in [4.78, 5) is 18.2. The summed E-state index contributed by atoms with van der Waals surface area (Å²) in [5.74, 6) is 0.720. The first-order chi connectivity index (χ1) is 15.6. The zero-order valence-electron chi connectivity index (χ0n) is 20.0. The largest absolute Gasteiger partial charge is 0.361 e. The van der Waals surface area contributed by atoms with Gasteiger partial charge < -0.3 is 10.3 Å². The Balaban J connectivity index is 0.00000306. The monoisotopic (exact) mass is 467 g/mol. The van der Waals surface area contributed by atoms with E-state index in [-0.39, 0.29) is 23.9 Å². The lowest BCUT2D eigenvalue weighted by Crippen LogP contribution is -2.44. The summed E-state index contributed by atoms with van der Waals surface area (Å²) in [6, 6.07) is 19.3. The summed E-state index contributed by atoms with van der Waals surface area (Å²) in [6.45, 7) is 0.777. The van der Waals surface area contributed by atoms with Gasteiger partial charge in [-0.2, -0.15) is 0 Å². The number of carbonyl (C=O) groups excluding carboxylic acids is 1. The SMILES string of the molecule is CN(C)C1(c2ccccc2)CCC(CC(=O)NCCCCc2c[nH]c3ccccc23)CC1.Cl. The summed E-state index contributed by atoms with van der Waals surface area (Å²) in [5, 5.41) is 4.48. The van der Waals surface area contributed by atoms with Gasteiger partial charge in [0.1, 0.15) is 0 Å². The molecule has 1 saturated carbocycles. The molecule has 0 saturated heterocycles. The highest BCUT2D eigenvalue weighted by atomic mass is 35.5. The van der Waals surface area contributed by atoms with Gasteiger partial charge in [0, 0.05) is 35.6 Å². The average Bonchev–Trinajstić information content (AvgIpc) is 3.23. The number of halogens is 1. The van der Waals surface area contributed by atoms with Gasteiger partial charge in [0.05, 0.1) is 0 Å². The number of H-pyrrole nitrogens is 1. The van der Waals surface area contributed by atoms with Crippen LogP contribution in [0.4, 0.5) is 0 Å². The Bertz CT molecular complexity index is 1010. The van der Waals surface area contributed by atoms with Crippen LogP contribution in [0, 0.1) is 5.92 Å². The van der Waals surface area contributed by atoms with Gasteiger partial charge in [-0.3, -0.25) is 9.69 Å². The molecule has 1 fully saturated rings. The smallest absolute Gasteiger partial charge is 0.220 e. The lowest BCUT2D eigenvalue weighted by atomic mass is 9.71. The lowest BCUT2D eigenvalue weighted by Gasteiger charge is -2.45. The number of amides is 1. The van der Waals surface area contributed by atoms with Crippen LogP contribution >= 0.6 is 12.4 Å². The molecule has 2 N–H and O–H groups in total. The second-order valence-corrected chi connectivity index (χ2v) is 9.61. The van der Waals surface area contributed by atoms with Gasteiger partial charge in [-0.1, -0.05) is 48.5 Å². The molecule has 4 rings (SSSR count). The van der Waals surface area contributed by atoms with Gasteiger partial charge in [0.15, 0.2) is 0 Å². The van der Waals surface area contributed by atoms with E-state index in [0.717, 1.165) is 51.5 Å². The predicted molar refractivity (Wildman–Crippen MR) is 140 cm³/mol. The lowest BCUT2D eigenvalue weighted by molar-refractivity contribution is -0.122. The third kappa shape index (κ3) is 5.99. The Morgan fingerprint density at radius 1 is 1.03 bits per heavy atom. The van der Waals surface area contributed by atoms with Crippen molar-refractivity contribution >= 4 is 29.2 Å². The Hall–Kier alpha value is -2.30.